The second kappa shape index (κ2) is 5.80. The zero-order valence-electron chi connectivity index (χ0n) is 10.3. The molecular formula is C11H25N3O. The summed E-state index contributed by atoms with van der Waals surface area (Å²) >= 11 is 0. The maximum absolute atomic E-state index is 9.92. The largest absolute Gasteiger partial charge is 0.363 e. The lowest BCUT2D eigenvalue weighted by molar-refractivity contribution is -0.0822. The third-order valence-electron chi connectivity index (χ3n) is 3.03. The van der Waals surface area contributed by atoms with Gasteiger partial charge >= 0.3 is 0 Å². The number of rotatable bonds is 6. The van der Waals surface area contributed by atoms with Crippen LogP contribution in [0.25, 0.3) is 0 Å². The van der Waals surface area contributed by atoms with Crippen LogP contribution in [0, 0.1) is 0 Å². The summed E-state index contributed by atoms with van der Waals surface area (Å²) in [4.78, 5) is 4.45. The molecule has 0 aromatic heterocycles. The topological polar surface area (TPSA) is 38.7 Å². The minimum absolute atomic E-state index is 0.788. The Labute approximate surface area is 93.2 Å². The van der Waals surface area contributed by atoms with Gasteiger partial charge in [-0.1, -0.05) is 6.92 Å². The van der Waals surface area contributed by atoms with Crippen LogP contribution in [0.5, 0.6) is 0 Å². The molecule has 2 N–H and O–H groups in total. The summed E-state index contributed by atoms with van der Waals surface area (Å²) < 4.78 is 0. The minimum Gasteiger partial charge on any atom is -0.363 e. The Morgan fingerprint density at radius 2 is 2.20 bits per heavy atom. The molecule has 1 aliphatic heterocycles. The molecule has 0 spiro atoms. The molecule has 1 saturated heterocycles. The summed E-state index contributed by atoms with van der Waals surface area (Å²) in [6.07, 6.45) is 2.33. The van der Waals surface area contributed by atoms with Crippen molar-refractivity contribution in [2.75, 3.05) is 39.8 Å². The van der Waals surface area contributed by atoms with Gasteiger partial charge in [0.25, 0.3) is 0 Å². The Morgan fingerprint density at radius 3 is 2.73 bits per heavy atom. The Hall–Kier alpha value is -0.160. The van der Waals surface area contributed by atoms with E-state index in [4.69, 9.17) is 0 Å². The predicted octanol–water partition coefficient (Wildman–Crippen LogP) is 0.290. The third-order valence-corrected chi connectivity index (χ3v) is 3.03. The van der Waals surface area contributed by atoms with E-state index in [-0.39, 0.29) is 0 Å². The Balaban J connectivity index is 2.14. The molecule has 90 valence electrons. The lowest BCUT2D eigenvalue weighted by Crippen LogP contribution is -2.49. The summed E-state index contributed by atoms with van der Waals surface area (Å²) in [5.41, 5.74) is 0. The first-order valence-corrected chi connectivity index (χ1v) is 5.97. The zero-order chi connectivity index (χ0) is 11.3. The fourth-order valence-corrected chi connectivity index (χ4v) is 2.11. The SMILES string of the molecule is CCCN(C)CCCN1CCNC1(C)O. The summed E-state index contributed by atoms with van der Waals surface area (Å²) in [6, 6.07) is 0. The molecule has 1 unspecified atom stereocenters. The second-order valence-electron chi connectivity index (χ2n) is 4.59. The van der Waals surface area contributed by atoms with Crippen molar-refractivity contribution >= 4 is 0 Å². The Morgan fingerprint density at radius 1 is 1.47 bits per heavy atom. The first-order valence-electron chi connectivity index (χ1n) is 5.97. The maximum Gasteiger partial charge on any atom is 0.171 e. The fraction of sp³-hybridized carbons (Fsp3) is 1.00. The quantitative estimate of drug-likeness (QED) is 0.668. The van der Waals surface area contributed by atoms with Gasteiger partial charge in [-0.3, -0.25) is 10.2 Å². The van der Waals surface area contributed by atoms with E-state index >= 15 is 0 Å². The minimum atomic E-state index is -0.788. The van der Waals surface area contributed by atoms with Crippen LogP contribution < -0.4 is 5.32 Å². The van der Waals surface area contributed by atoms with Gasteiger partial charge in [-0.25, -0.2) is 0 Å². The highest BCUT2D eigenvalue weighted by molar-refractivity contribution is 4.80. The summed E-state index contributed by atoms with van der Waals surface area (Å²) in [7, 11) is 2.16. The standard InChI is InChI=1S/C11H25N3O/c1-4-7-13(3)8-5-9-14-10-6-12-11(14,2)15/h12,15H,4-10H2,1-3H3. The molecular weight excluding hydrogens is 190 g/mol. The van der Waals surface area contributed by atoms with Gasteiger partial charge in [-0.05, 0) is 39.9 Å². The monoisotopic (exact) mass is 215 g/mol. The molecule has 1 aliphatic rings. The maximum atomic E-state index is 9.92. The molecule has 15 heavy (non-hydrogen) atoms. The number of nitrogens with one attached hydrogen (secondary N) is 1. The molecule has 0 saturated carbocycles. The van der Waals surface area contributed by atoms with E-state index in [1.54, 1.807) is 0 Å². The van der Waals surface area contributed by atoms with E-state index in [1.165, 1.54) is 6.42 Å². The van der Waals surface area contributed by atoms with Crippen LogP contribution >= 0.6 is 0 Å². The van der Waals surface area contributed by atoms with E-state index in [9.17, 15) is 5.11 Å². The van der Waals surface area contributed by atoms with Gasteiger partial charge in [-0.15, -0.1) is 0 Å². The highest BCUT2D eigenvalue weighted by atomic mass is 16.3. The lowest BCUT2D eigenvalue weighted by Gasteiger charge is -2.29. The Kier molecular flexibility index (Phi) is 4.99. The van der Waals surface area contributed by atoms with Gasteiger partial charge in [0.15, 0.2) is 5.85 Å². The van der Waals surface area contributed by atoms with Crippen LogP contribution in [0.1, 0.15) is 26.7 Å². The van der Waals surface area contributed by atoms with E-state index in [0.29, 0.717) is 0 Å². The van der Waals surface area contributed by atoms with Crippen molar-refractivity contribution in [1.82, 2.24) is 15.1 Å². The van der Waals surface area contributed by atoms with E-state index in [2.05, 4.69) is 29.1 Å². The third kappa shape index (κ3) is 4.07. The molecule has 4 heteroatoms. The predicted molar refractivity (Wildman–Crippen MR) is 62.6 cm³/mol. The molecule has 0 bridgehead atoms. The normalized spacial score (nSPS) is 27.8. The van der Waals surface area contributed by atoms with Crippen molar-refractivity contribution in [2.45, 2.75) is 32.5 Å². The van der Waals surface area contributed by atoms with Crippen LogP contribution in [0.3, 0.4) is 0 Å². The molecule has 1 fully saturated rings. The van der Waals surface area contributed by atoms with Crippen LogP contribution in [-0.4, -0.2) is 60.5 Å². The molecule has 1 heterocycles. The van der Waals surface area contributed by atoms with Crippen molar-refractivity contribution < 1.29 is 5.11 Å². The Bertz CT molecular complexity index is 185. The van der Waals surface area contributed by atoms with E-state index < -0.39 is 5.85 Å². The van der Waals surface area contributed by atoms with Crippen molar-refractivity contribution in [2.24, 2.45) is 0 Å². The highest BCUT2D eigenvalue weighted by Crippen LogP contribution is 2.12. The van der Waals surface area contributed by atoms with E-state index in [1.807, 2.05) is 6.92 Å². The molecule has 0 aromatic rings. The molecule has 0 amide bonds. The van der Waals surface area contributed by atoms with Gasteiger partial charge in [0.05, 0.1) is 0 Å². The van der Waals surface area contributed by atoms with E-state index in [0.717, 1.165) is 39.1 Å². The van der Waals surface area contributed by atoms with Gasteiger partial charge < -0.3 is 10.0 Å². The van der Waals surface area contributed by atoms with Crippen molar-refractivity contribution in [3.63, 3.8) is 0 Å². The summed E-state index contributed by atoms with van der Waals surface area (Å²) in [5, 5.41) is 13.0. The molecule has 1 rings (SSSR count). The number of nitrogens with zero attached hydrogens (tertiary/aromatic N) is 2. The molecule has 0 aromatic carbocycles. The van der Waals surface area contributed by atoms with Crippen molar-refractivity contribution in [3.8, 4) is 0 Å². The van der Waals surface area contributed by atoms with Crippen LogP contribution in [0.4, 0.5) is 0 Å². The van der Waals surface area contributed by atoms with Gasteiger partial charge in [0, 0.05) is 19.6 Å². The van der Waals surface area contributed by atoms with Crippen LogP contribution in [-0.2, 0) is 0 Å². The van der Waals surface area contributed by atoms with Crippen molar-refractivity contribution in [3.05, 3.63) is 0 Å². The van der Waals surface area contributed by atoms with Crippen molar-refractivity contribution in [1.29, 1.82) is 0 Å². The number of aliphatic hydroxyl groups is 1. The molecule has 0 radical (unpaired) electrons. The van der Waals surface area contributed by atoms with Gasteiger partial charge in [-0.2, -0.15) is 0 Å². The average molecular weight is 215 g/mol. The molecule has 0 aliphatic carbocycles. The summed E-state index contributed by atoms with van der Waals surface area (Å²) in [5.74, 6) is -0.788. The number of hydrogen-bond donors (Lipinski definition) is 2. The smallest absolute Gasteiger partial charge is 0.171 e. The van der Waals surface area contributed by atoms with Gasteiger partial charge in [0.2, 0.25) is 0 Å². The van der Waals surface area contributed by atoms with Crippen LogP contribution in [0.15, 0.2) is 0 Å². The number of hydrogen-bond acceptors (Lipinski definition) is 4. The van der Waals surface area contributed by atoms with Gasteiger partial charge in [0.1, 0.15) is 0 Å². The molecule has 1 atom stereocenters. The average Bonchev–Trinajstić information content (AvgIpc) is 2.46. The summed E-state index contributed by atoms with van der Waals surface area (Å²) in [6.45, 7) is 9.10. The zero-order valence-corrected chi connectivity index (χ0v) is 10.3. The molecule has 4 nitrogen and oxygen atoms in total. The second-order valence-corrected chi connectivity index (χ2v) is 4.59. The lowest BCUT2D eigenvalue weighted by atomic mass is 10.3. The first kappa shape index (κ1) is 12.9. The highest BCUT2D eigenvalue weighted by Gasteiger charge is 2.32. The van der Waals surface area contributed by atoms with Crippen LogP contribution in [0.2, 0.25) is 0 Å². The fourth-order valence-electron chi connectivity index (χ4n) is 2.11. The first-order chi connectivity index (χ1) is 7.06.